The second-order valence-electron chi connectivity index (χ2n) is 7.10. The number of hydrogen-bond donors (Lipinski definition) is 0. The van der Waals surface area contributed by atoms with Gasteiger partial charge in [-0.2, -0.15) is 0 Å². The third kappa shape index (κ3) is 2.62. The Morgan fingerprint density at radius 3 is 2.36 bits per heavy atom. The molecule has 128 valence electrons. The van der Waals surface area contributed by atoms with E-state index in [1.165, 1.54) is 0 Å². The molecule has 4 heteroatoms. The number of nitrogens with zero attached hydrogens (tertiary/aromatic N) is 1. The topological polar surface area (TPSA) is 46.6 Å². The molecule has 2 aliphatic rings. The zero-order chi connectivity index (χ0) is 17.6. The van der Waals surface area contributed by atoms with Gasteiger partial charge in [0.15, 0.2) is 0 Å². The van der Waals surface area contributed by atoms with Crippen molar-refractivity contribution in [2.45, 2.75) is 32.3 Å². The number of likely N-dealkylation sites (tertiary alicyclic amines) is 1. The predicted octanol–water partition coefficient (Wildman–Crippen LogP) is 3.61. The number of piperidine rings is 1. The largest absolute Gasteiger partial charge is 0.450 e. The van der Waals surface area contributed by atoms with Crippen molar-refractivity contribution >= 4 is 11.9 Å². The summed E-state index contributed by atoms with van der Waals surface area (Å²) in [7, 11) is 0. The SMILES string of the molecule is Cc1cc(C)cc(C(=O)N2CCC3(CC2)OC(=O)c2ccccc23)c1. The van der Waals surface area contributed by atoms with Crippen LogP contribution in [0.5, 0.6) is 0 Å². The van der Waals surface area contributed by atoms with Crippen LogP contribution in [0.25, 0.3) is 0 Å². The van der Waals surface area contributed by atoms with E-state index in [2.05, 4.69) is 6.07 Å². The van der Waals surface area contributed by atoms with Gasteiger partial charge in [-0.25, -0.2) is 4.79 Å². The number of aryl methyl sites for hydroxylation is 2. The summed E-state index contributed by atoms with van der Waals surface area (Å²) in [5.41, 5.74) is 3.99. The van der Waals surface area contributed by atoms with Gasteiger partial charge in [0.05, 0.1) is 5.56 Å². The fourth-order valence-electron chi connectivity index (χ4n) is 4.07. The summed E-state index contributed by atoms with van der Waals surface area (Å²) < 4.78 is 5.76. The maximum Gasteiger partial charge on any atom is 0.339 e. The maximum absolute atomic E-state index is 12.8. The number of ether oxygens (including phenoxy) is 1. The summed E-state index contributed by atoms with van der Waals surface area (Å²) >= 11 is 0. The molecule has 1 amide bonds. The minimum Gasteiger partial charge on any atom is -0.450 e. The highest BCUT2D eigenvalue weighted by molar-refractivity contribution is 5.96. The first-order valence-electron chi connectivity index (χ1n) is 8.69. The van der Waals surface area contributed by atoms with E-state index in [-0.39, 0.29) is 11.9 Å². The minimum atomic E-state index is -0.563. The summed E-state index contributed by atoms with van der Waals surface area (Å²) in [5, 5.41) is 0. The van der Waals surface area contributed by atoms with Crippen LogP contribution in [-0.4, -0.2) is 29.9 Å². The van der Waals surface area contributed by atoms with E-state index >= 15 is 0 Å². The van der Waals surface area contributed by atoms with Crippen LogP contribution in [-0.2, 0) is 10.3 Å². The molecule has 0 atom stereocenters. The molecule has 25 heavy (non-hydrogen) atoms. The molecule has 2 aliphatic heterocycles. The Labute approximate surface area is 147 Å². The van der Waals surface area contributed by atoms with Crippen LogP contribution in [0.15, 0.2) is 42.5 Å². The Morgan fingerprint density at radius 2 is 1.68 bits per heavy atom. The number of carbonyl (C=O) groups excluding carboxylic acids is 2. The maximum atomic E-state index is 12.8. The molecule has 4 rings (SSSR count). The van der Waals surface area contributed by atoms with Crippen molar-refractivity contribution in [2.75, 3.05) is 13.1 Å². The van der Waals surface area contributed by atoms with Gasteiger partial charge in [-0.05, 0) is 32.0 Å². The average Bonchev–Trinajstić information content (AvgIpc) is 2.87. The Bertz CT molecular complexity index is 843. The molecule has 0 aromatic heterocycles. The van der Waals surface area contributed by atoms with E-state index in [1.807, 2.05) is 55.1 Å². The van der Waals surface area contributed by atoms with Gasteiger partial charge < -0.3 is 9.64 Å². The van der Waals surface area contributed by atoms with Gasteiger partial charge >= 0.3 is 5.97 Å². The summed E-state index contributed by atoms with van der Waals surface area (Å²) in [6, 6.07) is 13.5. The van der Waals surface area contributed by atoms with Gasteiger partial charge in [0.1, 0.15) is 5.60 Å². The molecular formula is C21H21NO3. The van der Waals surface area contributed by atoms with Crippen molar-refractivity contribution < 1.29 is 14.3 Å². The van der Waals surface area contributed by atoms with E-state index in [0.717, 1.165) is 22.3 Å². The molecule has 4 nitrogen and oxygen atoms in total. The van der Waals surface area contributed by atoms with Crippen molar-refractivity contribution in [1.82, 2.24) is 4.90 Å². The smallest absolute Gasteiger partial charge is 0.339 e. The van der Waals surface area contributed by atoms with Gasteiger partial charge in [0.2, 0.25) is 0 Å². The van der Waals surface area contributed by atoms with Crippen LogP contribution in [0.2, 0.25) is 0 Å². The summed E-state index contributed by atoms with van der Waals surface area (Å²) in [6.45, 7) is 5.19. The minimum absolute atomic E-state index is 0.0549. The summed E-state index contributed by atoms with van der Waals surface area (Å²) in [5.74, 6) is -0.191. The van der Waals surface area contributed by atoms with Gasteiger partial charge in [0, 0.05) is 37.1 Å². The highest BCUT2D eigenvalue weighted by atomic mass is 16.6. The molecule has 0 radical (unpaired) electrons. The van der Waals surface area contributed by atoms with Crippen molar-refractivity contribution in [3.8, 4) is 0 Å². The lowest BCUT2D eigenvalue weighted by atomic mass is 9.83. The third-order valence-corrected chi connectivity index (χ3v) is 5.25. The fraction of sp³-hybridized carbons (Fsp3) is 0.333. The molecule has 2 heterocycles. The third-order valence-electron chi connectivity index (χ3n) is 5.25. The molecule has 1 saturated heterocycles. The number of rotatable bonds is 1. The second-order valence-corrected chi connectivity index (χ2v) is 7.10. The zero-order valence-corrected chi connectivity index (χ0v) is 14.5. The Balaban J connectivity index is 1.54. The normalized spacial score (nSPS) is 18.2. The van der Waals surface area contributed by atoms with E-state index in [4.69, 9.17) is 4.74 Å². The van der Waals surface area contributed by atoms with Crippen molar-refractivity contribution in [3.05, 3.63) is 70.3 Å². The molecule has 2 aromatic rings. The summed E-state index contributed by atoms with van der Waals surface area (Å²) in [4.78, 5) is 26.9. The van der Waals surface area contributed by atoms with Gasteiger partial charge in [-0.3, -0.25) is 4.79 Å². The number of esters is 1. The second kappa shape index (κ2) is 5.73. The highest BCUT2D eigenvalue weighted by Gasteiger charge is 2.47. The average molecular weight is 335 g/mol. The lowest BCUT2D eigenvalue weighted by molar-refractivity contribution is -0.0389. The van der Waals surface area contributed by atoms with Crippen LogP contribution < -0.4 is 0 Å². The molecule has 0 bridgehead atoms. The van der Waals surface area contributed by atoms with Gasteiger partial charge in [-0.15, -0.1) is 0 Å². The number of amides is 1. The Morgan fingerprint density at radius 1 is 1.04 bits per heavy atom. The highest BCUT2D eigenvalue weighted by Crippen LogP contribution is 2.44. The monoisotopic (exact) mass is 335 g/mol. The standard InChI is InChI=1S/C21H21NO3/c1-14-11-15(2)13-16(12-14)19(23)22-9-7-21(8-10-22)18-6-4-3-5-17(18)20(24)25-21/h3-6,11-13H,7-10H2,1-2H3. The first-order chi connectivity index (χ1) is 12.0. The first-order valence-corrected chi connectivity index (χ1v) is 8.69. The molecule has 0 aliphatic carbocycles. The van der Waals surface area contributed by atoms with E-state index < -0.39 is 5.60 Å². The van der Waals surface area contributed by atoms with E-state index in [0.29, 0.717) is 31.5 Å². The van der Waals surface area contributed by atoms with Crippen LogP contribution in [0.1, 0.15) is 50.2 Å². The molecule has 0 saturated carbocycles. The molecule has 0 N–H and O–H groups in total. The van der Waals surface area contributed by atoms with Crippen LogP contribution in [0.4, 0.5) is 0 Å². The quantitative estimate of drug-likeness (QED) is 0.748. The molecule has 1 fully saturated rings. The molecule has 2 aromatic carbocycles. The first kappa shape index (κ1) is 15.9. The van der Waals surface area contributed by atoms with Crippen molar-refractivity contribution in [2.24, 2.45) is 0 Å². The predicted molar refractivity (Wildman–Crippen MR) is 94.6 cm³/mol. The van der Waals surface area contributed by atoms with E-state index in [1.54, 1.807) is 0 Å². The van der Waals surface area contributed by atoms with Crippen molar-refractivity contribution in [1.29, 1.82) is 0 Å². The number of hydrogen-bond acceptors (Lipinski definition) is 3. The Hall–Kier alpha value is -2.62. The molecular weight excluding hydrogens is 314 g/mol. The van der Waals surface area contributed by atoms with Crippen LogP contribution in [0.3, 0.4) is 0 Å². The van der Waals surface area contributed by atoms with Crippen LogP contribution >= 0.6 is 0 Å². The van der Waals surface area contributed by atoms with Gasteiger partial charge in [0.25, 0.3) is 5.91 Å². The number of fused-ring (bicyclic) bond motifs is 2. The molecule has 1 spiro atoms. The zero-order valence-electron chi connectivity index (χ0n) is 14.5. The fourth-order valence-corrected chi connectivity index (χ4v) is 4.07. The lowest BCUT2D eigenvalue weighted by Gasteiger charge is -2.38. The number of carbonyl (C=O) groups is 2. The van der Waals surface area contributed by atoms with E-state index in [9.17, 15) is 9.59 Å². The number of benzene rings is 2. The lowest BCUT2D eigenvalue weighted by Crippen LogP contribution is -2.45. The van der Waals surface area contributed by atoms with Crippen molar-refractivity contribution in [3.63, 3.8) is 0 Å². The Kier molecular flexibility index (Phi) is 3.64. The van der Waals surface area contributed by atoms with Crippen LogP contribution in [0, 0.1) is 13.8 Å². The molecule has 0 unspecified atom stereocenters. The summed E-state index contributed by atoms with van der Waals surface area (Å²) in [6.07, 6.45) is 1.29. The van der Waals surface area contributed by atoms with Gasteiger partial charge in [-0.1, -0.05) is 35.4 Å².